The number of amides is 2. The number of carbonyl (C=O) groups is 3. The topological polar surface area (TPSA) is 99.1 Å². The molecule has 1 fully saturated rings. The molecule has 2 aromatic rings. The number of nitrogens with one attached hydrogen (secondary N) is 1. The zero-order chi connectivity index (χ0) is 33.4. The third-order valence-corrected chi connectivity index (χ3v) is 8.61. The molecule has 45 heavy (non-hydrogen) atoms. The van der Waals surface area contributed by atoms with Gasteiger partial charge in [-0.2, -0.15) is 26.3 Å². The van der Waals surface area contributed by atoms with E-state index in [0.717, 1.165) is 5.56 Å². The van der Waals surface area contributed by atoms with Crippen LogP contribution in [0.1, 0.15) is 85.5 Å². The number of carbonyl (C=O) groups excluding carboxylic acids is 2. The molecule has 2 amide bonds. The molecule has 1 saturated carbocycles. The molecule has 1 spiro atoms. The SMILES string of the molecule is CC(C)(C)C1CCC2(CC1)N=C(c1cc(C(F)(F)F)cc(C(F)(F)F)c1)C(=O)N2CCc1ccc(C(=O)NCCC(=O)O)cc1. The van der Waals surface area contributed by atoms with Gasteiger partial charge >= 0.3 is 18.3 Å². The predicted octanol–water partition coefficient (Wildman–Crippen LogP) is 6.74. The number of hydrogen-bond donors (Lipinski definition) is 2. The molecule has 0 saturated heterocycles. The minimum Gasteiger partial charge on any atom is -0.481 e. The number of halogens is 6. The third kappa shape index (κ3) is 7.85. The Labute approximate surface area is 256 Å². The van der Waals surface area contributed by atoms with E-state index in [1.165, 1.54) is 4.90 Å². The van der Waals surface area contributed by atoms with E-state index in [1.54, 1.807) is 24.3 Å². The summed E-state index contributed by atoms with van der Waals surface area (Å²) in [6.07, 6.45) is -7.92. The van der Waals surface area contributed by atoms with Crippen molar-refractivity contribution in [1.29, 1.82) is 0 Å². The Morgan fingerprint density at radius 3 is 2.00 bits per heavy atom. The summed E-state index contributed by atoms with van der Waals surface area (Å²) in [5.41, 5.74) is -4.09. The summed E-state index contributed by atoms with van der Waals surface area (Å²) >= 11 is 0. The molecule has 1 heterocycles. The van der Waals surface area contributed by atoms with Gasteiger partial charge in [-0.05, 0) is 79.3 Å². The van der Waals surface area contributed by atoms with Crippen LogP contribution in [0.5, 0.6) is 0 Å². The Morgan fingerprint density at radius 2 is 1.51 bits per heavy atom. The number of aliphatic imine (C=N–C) groups is 1. The molecule has 13 heteroatoms. The molecule has 7 nitrogen and oxygen atoms in total. The normalized spacial score (nSPS) is 20.8. The average Bonchev–Trinajstić information content (AvgIpc) is 3.20. The van der Waals surface area contributed by atoms with Crippen molar-refractivity contribution in [3.63, 3.8) is 0 Å². The van der Waals surface area contributed by atoms with Crippen molar-refractivity contribution in [2.24, 2.45) is 16.3 Å². The van der Waals surface area contributed by atoms with Crippen molar-refractivity contribution in [2.75, 3.05) is 13.1 Å². The molecular formula is C32H35F6N3O4. The molecule has 1 aliphatic heterocycles. The van der Waals surface area contributed by atoms with E-state index >= 15 is 0 Å². The van der Waals surface area contributed by atoms with Crippen LogP contribution >= 0.6 is 0 Å². The van der Waals surface area contributed by atoms with Crippen LogP contribution in [0, 0.1) is 11.3 Å². The lowest BCUT2D eigenvalue weighted by atomic mass is 9.69. The maximum atomic E-state index is 13.8. The second kappa shape index (κ2) is 12.5. The van der Waals surface area contributed by atoms with Gasteiger partial charge in [0.15, 0.2) is 0 Å². The van der Waals surface area contributed by atoms with Crippen molar-refractivity contribution in [1.82, 2.24) is 10.2 Å². The Morgan fingerprint density at radius 1 is 0.956 bits per heavy atom. The van der Waals surface area contributed by atoms with E-state index in [2.05, 4.69) is 31.1 Å². The Balaban J connectivity index is 1.62. The molecule has 244 valence electrons. The van der Waals surface area contributed by atoms with E-state index in [-0.39, 0.29) is 37.4 Å². The minimum atomic E-state index is -5.07. The number of carboxylic acid groups (broad SMARTS) is 1. The number of carboxylic acids is 1. The lowest BCUT2D eigenvalue weighted by Crippen LogP contribution is -2.50. The van der Waals surface area contributed by atoms with Crippen molar-refractivity contribution < 1.29 is 45.8 Å². The predicted molar refractivity (Wildman–Crippen MR) is 154 cm³/mol. The van der Waals surface area contributed by atoms with Crippen molar-refractivity contribution in [2.45, 2.75) is 77.3 Å². The molecule has 0 radical (unpaired) electrons. The number of hydrogen-bond acceptors (Lipinski definition) is 4. The van der Waals surface area contributed by atoms with Crippen LogP contribution in [-0.4, -0.2) is 52.3 Å². The maximum Gasteiger partial charge on any atom is 0.416 e. The fraction of sp³-hybridized carbons (Fsp3) is 0.500. The molecule has 0 bridgehead atoms. The van der Waals surface area contributed by atoms with Crippen molar-refractivity contribution >= 4 is 23.5 Å². The first-order valence-electron chi connectivity index (χ1n) is 14.6. The molecule has 4 rings (SSSR count). The second-order valence-electron chi connectivity index (χ2n) is 12.7. The van der Waals surface area contributed by atoms with Crippen LogP contribution in [0.4, 0.5) is 26.3 Å². The number of alkyl halides is 6. The van der Waals surface area contributed by atoms with Crippen molar-refractivity contribution in [3.05, 3.63) is 70.3 Å². The summed E-state index contributed by atoms with van der Waals surface area (Å²) in [4.78, 5) is 42.9. The van der Waals surface area contributed by atoms with E-state index in [9.17, 15) is 40.7 Å². The van der Waals surface area contributed by atoms with Gasteiger partial charge in [0, 0.05) is 24.2 Å². The van der Waals surface area contributed by atoms with E-state index in [4.69, 9.17) is 5.11 Å². The van der Waals surface area contributed by atoms with Crippen LogP contribution in [0.2, 0.25) is 0 Å². The first kappa shape index (κ1) is 34.0. The Kier molecular flexibility index (Phi) is 9.42. The molecule has 1 aliphatic carbocycles. The van der Waals surface area contributed by atoms with Gasteiger partial charge in [-0.15, -0.1) is 0 Å². The monoisotopic (exact) mass is 639 g/mol. The average molecular weight is 640 g/mol. The lowest BCUT2D eigenvalue weighted by Gasteiger charge is -2.45. The highest BCUT2D eigenvalue weighted by Crippen LogP contribution is 2.47. The minimum absolute atomic E-state index is 0.0294. The summed E-state index contributed by atoms with van der Waals surface area (Å²) in [5.74, 6) is -1.94. The number of benzene rings is 2. The van der Waals surface area contributed by atoms with Gasteiger partial charge in [-0.25, -0.2) is 0 Å². The molecule has 0 aromatic heterocycles. The fourth-order valence-corrected chi connectivity index (χ4v) is 6.00. The van der Waals surface area contributed by atoms with Gasteiger partial charge in [-0.1, -0.05) is 32.9 Å². The standard InChI is InChI=1S/C32H35F6N3O4/c1-29(2,3)22-8-12-30(13-9-22)40-26(21-16-23(31(33,34)35)18-24(17-21)32(36,37)38)28(45)41(30)15-11-19-4-6-20(7-5-19)27(44)39-14-10-25(42)43/h4-7,16-18,22H,8-15H2,1-3H3,(H,39,44)(H,42,43). The van der Waals surface area contributed by atoms with Gasteiger partial charge in [0.2, 0.25) is 0 Å². The maximum absolute atomic E-state index is 13.8. The van der Waals surface area contributed by atoms with Gasteiger partial charge in [-0.3, -0.25) is 19.4 Å². The van der Waals surface area contributed by atoms with Crippen LogP contribution in [0.25, 0.3) is 0 Å². The van der Waals surface area contributed by atoms with Crippen LogP contribution in [-0.2, 0) is 28.4 Å². The van der Waals surface area contributed by atoms with Crippen LogP contribution < -0.4 is 5.32 Å². The Hall–Kier alpha value is -3.90. The van der Waals surface area contributed by atoms with Crippen LogP contribution in [0.15, 0.2) is 47.5 Å². The highest BCUT2D eigenvalue weighted by molar-refractivity contribution is 6.46. The quantitative estimate of drug-likeness (QED) is 0.313. The van der Waals surface area contributed by atoms with Crippen molar-refractivity contribution in [3.8, 4) is 0 Å². The summed E-state index contributed by atoms with van der Waals surface area (Å²) in [6, 6.07) is 7.55. The molecule has 0 atom stereocenters. The highest BCUT2D eigenvalue weighted by Gasteiger charge is 2.50. The van der Waals surface area contributed by atoms with E-state index in [0.29, 0.717) is 49.3 Å². The van der Waals surface area contributed by atoms with Gasteiger partial charge in [0.25, 0.3) is 11.8 Å². The third-order valence-electron chi connectivity index (χ3n) is 8.61. The molecule has 0 unspecified atom stereocenters. The fourth-order valence-electron chi connectivity index (χ4n) is 6.00. The molecule has 2 aliphatic rings. The number of rotatable bonds is 8. The summed E-state index contributed by atoms with van der Waals surface area (Å²) in [6.45, 7) is 6.35. The highest BCUT2D eigenvalue weighted by atomic mass is 19.4. The second-order valence-corrected chi connectivity index (χ2v) is 12.7. The zero-order valence-corrected chi connectivity index (χ0v) is 25.1. The molecule has 2 aromatic carbocycles. The van der Waals surface area contributed by atoms with E-state index < -0.39 is 58.2 Å². The first-order chi connectivity index (χ1) is 20.8. The number of nitrogens with zero attached hydrogens (tertiary/aromatic N) is 2. The van der Waals surface area contributed by atoms with Gasteiger partial charge in [0.05, 0.1) is 17.5 Å². The van der Waals surface area contributed by atoms with E-state index in [1.807, 2.05) is 0 Å². The molecular weight excluding hydrogens is 604 g/mol. The summed E-state index contributed by atoms with van der Waals surface area (Å²) in [5, 5.41) is 11.2. The lowest BCUT2D eigenvalue weighted by molar-refractivity contribution is -0.143. The Bertz CT molecular complexity index is 1440. The largest absolute Gasteiger partial charge is 0.481 e. The smallest absolute Gasteiger partial charge is 0.416 e. The first-order valence-corrected chi connectivity index (χ1v) is 14.6. The summed E-state index contributed by atoms with van der Waals surface area (Å²) in [7, 11) is 0. The number of aliphatic carboxylic acids is 1. The van der Waals surface area contributed by atoms with Gasteiger partial charge < -0.3 is 15.3 Å². The summed E-state index contributed by atoms with van der Waals surface area (Å²) < 4.78 is 81.8. The van der Waals surface area contributed by atoms with Crippen LogP contribution in [0.3, 0.4) is 0 Å². The van der Waals surface area contributed by atoms with Gasteiger partial charge in [0.1, 0.15) is 11.4 Å². The zero-order valence-electron chi connectivity index (χ0n) is 25.1. The molecule has 2 N–H and O–H groups in total.